The molecule has 4 nitrogen and oxygen atoms in total. The van der Waals surface area contributed by atoms with Gasteiger partial charge >= 0.3 is 0 Å². The van der Waals surface area contributed by atoms with E-state index in [1.165, 1.54) is 4.68 Å². The highest BCUT2D eigenvalue weighted by molar-refractivity contribution is 6.33. The van der Waals surface area contributed by atoms with Crippen LogP contribution in [0, 0.1) is 0 Å². The van der Waals surface area contributed by atoms with Crippen molar-refractivity contribution in [2.45, 2.75) is 0 Å². The molecular formula is C6H7Cl2N3O. The second-order valence-corrected chi connectivity index (χ2v) is 2.83. The number of rotatable bonds is 2. The summed E-state index contributed by atoms with van der Waals surface area (Å²) in [6.45, 7) is -0.106. The van der Waals surface area contributed by atoms with E-state index < -0.39 is 0 Å². The van der Waals surface area contributed by atoms with E-state index in [9.17, 15) is 4.79 Å². The number of aromatic nitrogens is 1. The lowest BCUT2D eigenvalue weighted by molar-refractivity contribution is -0.115. The standard InChI is InChI=1S/C6H7Cl2N3O/c7-4-1-2-5(8)11(4)10-6(12)3-9/h1-2H,3,9H2,(H,10,12). The Kier molecular flexibility index (Phi) is 2.97. The fraction of sp³-hybridized carbons (Fsp3) is 0.167. The largest absolute Gasteiger partial charge is 0.322 e. The lowest BCUT2D eigenvalue weighted by atomic mass is 10.6. The van der Waals surface area contributed by atoms with Gasteiger partial charge in [0.2, 0.25) is 0 Å². The molecule has 0 aromatic carbocycles. The number of nitrogens with zero attached hydrogens (tertiary/aromatic N) is 1. The molecule has 1 rings (SSSR count). The smallest absolute Gasteiger partial charge is 0.252 e. The van der Waals surface area contributed by atoms with Gasteiger partial charge in [-0.2, -0.15) is 0 Å². The van der Waals surface area contributed by atoms with Crippen LogP contribution in [0.3, 0.4) is 0 Å². The van der Waals surface area contributed by atoms with Gasteiger partial charge in [-0.1, -0.05) is 23.2 Å². The van der Waals surface area contributed by atoms with Crippen LogP contribution in [0.15, 0.2) is 12.1 Å². The minimum atomic E-state index is -0.352. The lowest BCUT2D eigenvalue weighted by Crippen LogP contribution is -2.29. The molecule has 0 radical (unpaired) electrons. The number of nitrogens with two attached hydrogens (primary N) is 1. The molecule has 1 heterocycles. The molecule has 0 unspecified atom stereocenters. The monoisotopic (exact) mass is 207 g/mol. The van der Waals surface area contributed by atoms with E-state index in [4.69, 9.17) is 28.9 Å². The lowest BCUT2D eigenvalue weighted by Gasteiger charge is -2.06. The first-order valence-electron chi connectivity index (χ1n) is 3.18. The van der Waals surface area contributed by atoms with Crippen LogP contribution in [-0.4, -0.2) is 17.1 Å². The van der Waals surface area contributed by atoms with Crippen LogP contribution in [0.25, 0.3) is 0 Å². The Hall–Kier alpha value is -0.710. The SMILES string of the molecule is NCC(=O)Nn1c(Cl)ccc1Cl. The van der Waals surface area contributed by atoms with E-state index in [1.807, 2.05) is 0 Å². The highest BCUT2D eigenvalue weighted by atomic mass is 35.5. The Labute approximate surface area is 79.2 Å². The van der Waals surface area contributed by atoms with Gasteiger partial charge in [0.15, 0.2) is 0 Å². The molecule has 0 saturated carbocycles. The van der Waals surface area contributed by atoms with Crippen molar-refractivity contribution in [3.8, 4) is 0 Å². The Morgan fingerprint density at radius 3 is 2.42 bits per heavy atom. The quantitative estimate of drug-likeness (QED) is 0.755. The summed E-state index contributed by atoms with van der Waals surface area (Å²) in [7, 11) is 0. The molecule has 0 atom stereocenters. The molecule has 0 spiro atoms. The maximum atomic E-state index is 10.8. The van der Waals surface area contributed by atoms with E-state index in [0.29, 0.717) is 10.3 Å². The summed E-state index contributed by atoms with van der Waals surface area (Å²) in [5.74, 6) is -0.352. The fourth-order valence-electron chi connectivity index (χ4n) is 0.666. The van der Waals surface area contributed by atoms with Crippen molar-refractivity contribution in [2.24, 2.45) is 5.73 Å². The second kappa shape index (κ2) is 3.80. The van der Waals surface area contributed by atoms with Gasteiger partial charge in [-0.05, 0) is 12.1 Å². The summed E-state index contributed by atoms with van der Waals surface area (Å²) in [6, 6.07) is 3.14. The molecule has 1 aromatic heterocycles. The van der Waals surface area contributed by atoms with Crippen molar-refractivity contribution < 1.29 is 4.79 Å². The number of hydrogen-bond donors (Lipinski definition) is 2. The minimum Gasteiger partial charge on any atom is -0.322 e. The van der Waals surface area contributed by atoms with Gasteiger partial charge in [0.1, 0.15) is 10.3 Å². The van der Waals surface area contributed by atoms with Crippen molar-refractivity contribution in [3.05, 3.63) is 22.4 Å². The first-order chi connectivity index (χ1) is 5.65. The number of halogens is 2. The van der Waals surface area contributed by atoms with Crippen molar-refractivity contribution in [1.82, 2.24) is 4.68 Å². The topological polar surface area (TPSA) is 60.1 Å². The van der Waals surface area contributed by atoms with E-state index in [0.717, 1.165) is 0 Å². The van der Waals surface area contributed by atoms with E-state index in [1.54, 1.807) is 12.1 Å². The van der Waals surface area contributed by atoms with Gasteiger partial charge in [0.05, 0.1) is 6.54 Å². The number of hydrogen-bond acceptors (Lipinski definition) is 2. The van der Waals surface area contributed by atoms with Crippen molar-refractivity contribution in [3.63, 3.8) is 0 Å². The third kappa shape index (κ3) is 1.91. The highest BCUT2D eigenvalue weighted by Crippen LogP contribution is 2.16. The van der Waals surface area contributed by atoms with Gasteiger partial charge in [0, 0.05) is 0 Å². The van der Waals surface area contributed by atoms with Crippen LogP contribution in [0.4, 0.5) is 0 Å². The summed E-state index contributed by atoms with van der Waals surface area (Å²) < 4.78 is 1.25. The molecular weight excluding hydrogens is 201 g/mol. The van der Waals surface area contributed by atoms with Gasteiger partial charge in [-0.25, -0.2) is 4.68 Å². The molecule has 0 aliphatic rings. The molecule has 6 heteroatoms. The highest BCUT2D eigenvalue weighted by Gasteiger charge is 2.05. The van der Waals surface area contributed by atoms with Crippen LogP contribution < -0.4 is 11.2 Å². The Morgan fingerprint density at radius 2 is 2.00 bits per heavy atom. The molecule has 0 bridgehead atoms. The van der Waals surface area contributed by atoms with Crippen LogP contribution in [0.2, 0.25) is 10.3 Å². The summed E-state index contributed by atoms with van der Waals surface area (Å²) in [6.07, 6.45) is 0. The number of nitrogens with one attached hydrogen (secondary N) is 1. The summed E-state index contributed by atoms with van der Waals surface area (Å²) >= 11 is 11.3. The molecule has 0 aliphatic carbocycles. The van der Waals surface area contributed by atoms with Crippen LogP contribution in [-0.2, 0) is 4.79 Å². The molecule has 1 amide bonds. The number of carbonyl (C=O) groups is 1. The molecule has 1 aromatic rings. The maximum Gasteiger partial charge on any atom is 0.252 e. The zero-order chi connectivity index (χ0) is 9.14. The molecule has 12 heavy (non-hydrogen) atoms. The average molecular weight is 208 g/mol. The maximum absolute atomic E-state index is 10.8. The molecule has 0 aliphatic heterocycles. The zero-order valence-corrected chi connectivity index (χ0v) is 7.56. The first-order valence-corrected chi connectivity index (χ1v) is 3.93. The van der Waals surface area contributed by atoms with Crippen LogP contribution in [0.5, 0.6) is 0 Å². The minimum absolute atomic E-state index is 0.106. The first kappa shape index (κ1) is 9.38. The van der Waals surface area contributed by atoms with Crippen molar-refractivity contribution >= 4 is 29.1 Å². The Morgan fingerprint density at radius 1 is 1.50 bits per heavy atom. The third-order valence-electron chi connectivity index (χ3n) is 1.21. The van der Waals surface area contributed by atoms with Gasteiger partial charge in [-0.15, -0.1) is 0 Å². The normalized spacial score (nSPS) is 9.92. The van der Waals surface area contributed by atoms with Crippen LogP contribution in [0.1, 0.15) is 0 Å². The molecule has 0 saturated heterocycles. The average Bonchev–Trinajstić information content (AvgIpc) is 2.35. The van der Waals surface area contributed by atoms with Crippen molar-refractivity contribution in [1.29, 1.82) is 0 Å². The zero-order valence-electron chi connectivity index (χ0n) is 6.05. The Bertz CT molecular complexity index is 277. The predicted octanol–water partition coefficient (Wildman–Crippen LogP) is 0.824. The molecule has 0 fully saturated rings. The van der Waals surface area contributed by atoms with Gasteiger partial charge in [-0.3, -0.25) is 10.2 Å². The summed E-state index contributed by atoms with van der Waals surface area (Å²) in [5, 5.41) is 0.670. The van der Waals surface area contributed by atoms with Crippen molar-refractivity contribution in [2.75, 3.05) is 12.0 Å². The van der Waals surface area contributed by atoms with Gasteiger partial charge < -0.3 is 5.73 Å². The van der Waals surface area contributed by atoms with Crippen LogP contribution >= 0.6 is 23.2 Å². The Balaban J connectivity index is 2.80. The number of amides is 1. The summed E-state index contributed by atoms with van der Waals surface area (Å²) in [4.78, 5) is 10.8. The summed E-state index contributed by atoms with van der Waals surface area (Å²) in [5.41, 5.74) is 7.47. The predicted molar refractivity (Wildman–Crippen MR) is 47.9 cm³/mol. The molecule has 66 valence electrons. The van der Waals surface area contributed by atoms with E-state index >= 15 is 0 Å². The molecule has 3 N–H and O–H groups in total. The third-order valence-corrected chi connectivity index (χ3v) is 1.80. The van der Waals surface area contributed by atoms with E-state index in [2.05, 4.69) is 5.43 Å². The number of carbonyl (C=O) groups excluding carboxylic acids is 1. The fourth-order valence-corrected chi connectivity index (χ4v) is 1.10. The second-order valence-electron chi connectivity index (χ2n) is 2.05. The van der Waals surface area contributed by atoms with E-state index in [-0.39, 0.29) is 12.5 Å². The van der Waals surface area contributed by atoms with Gasteiger partial charge in [0.25, 0.3) is 5.91 Å².